The monoisotopic (exact) mass is 694 g/mol. The summed E-state index contributed by atoms with van der Waals surface area (Å²) in [5.74, 6) is 1.63. The SMILES string of the molecule is C=C1Oc2ccccc2N(c2ccc(N(C3=CCC4Sc5ccccc5C4=C3)c3ccc(-c4ccccc4)cc3)cc2)C2c3ccccc3SC12. The van der Waals surface area contributed by atoms with E-state index in [1.165, 1.54) is 43.3 Å². The smallest absolute Gasteiger partial charge is 0.150 e. The molecule has 6 aromatic carbocycles. The zero-order chi connectivity index (χ0) is 33.9. The van der Waals surface area contributed by atoms with Crippen molar-refractivity contribution in [1.29, 1.82) is 0 Å². The van der Waals surface area contributed by atoms with Gasteiger partial charge in [0, 0.05) is 37.8 Å². The summed E-state index contributed by atoms with van der Waals surface area (Å²) in [6.07, 6.45) is 5.82. The quantitative estimate of drug-likeness (QED) is 0.178. The lowest BCUT2D eigenvalue weighted by Crippen LogP contribution is -2.29. The van der Waals surface area contributed by atoms with E-state index in [0.29, 0.717) is 5.25 Å². The van der Waals surface area contributed by atoms with Crippen LogP contribution in [0, 0.1) is 0 Å². The Kier molecular flexibility index (Phi) is 7.44. The van der Waals surface area contributed by atoms with Gasteiger partial charge in [-0.3, -0.25) is 0 Å². The molecule has 10 rings (SSSR count). The molecule has 6 aromatic rings. The number of ether oxygens (including phenoxy) is 1. The van der Waals surface area contributed by atoms with Gasteiger partial charge >= 0.3 is 0 Å². The molecule has 1 aliphatic carbocycles. The first-order valence-corrected chi connectivity index (χ1v) is 19.2. The first kappa shape index (κ1) is 30.5. The van der Waals surface area contributed by atoms with Gasteiger partial charge in [0.1, 0.15) is 5.76 Å². The molecule has 3 heterocycles. The fourth-order valence-corrected chi connectivity index (χ4v) is 10.5. The van der Waals surface area contributed by atoms with Crippen LogP contribution < -0.4 is 14.5 Å². The number of hydrogen-bond acceptors (Lipinski definition) is 5. The predicted molar refractivity (Wildman–Crippen MR) is 214 cm³/mol. The summed E-state index contributed by atoms with van der Waals surface area (Å²) < 4.78 is 6.47. The van der Waals surface area contributed by atoms with E-state index in [1.54, 1.807) is 0 Å². The minimum atomic E-state index is 0.0532. The molecule has 5 heteroatoms. The molecular formula is C46H34N2OS2. The zero-order valence-electron chi connectivity index (χ0n) is 27.9. The predicted octanol–water partition coefficient (Wildman–Crippen LogP) is 12.6. The van der Waals surface area contributed by atoms with Gasteiger partial charge in [-0.05, 0) is 101 Å². The number of thioether (sulfide) groups is 2. The zero-order valence-corrected chi connectivity index (χ0v) is 29.5. The van der Waals surface area contributed by atoms with Crippen LogP contribution in [0.1, 0.15) is 23.6 Å². The molecule has 246 valence electrons. The highest BCUT2D eigenvalue weighted by atomic mass is 32.2. The summed E-state index contributed by atoms with van der Waals surface area (Å²) in [6, 6.07) is 54.6. The number of hydrogen-bond donors (Lipinski definition) is 0. The van der Waals surface area contributed by atoms with Crippen LogP contribution in [0.15, 0.2) is 192 Å². The Morgan fingerprint density at radius 2 is 1.31 bits per heavy atom. The third-order valence-electron chi connectivity index (χ3n) is 10.3. The van der Waals surface area contributed by atoms with Crippen LogP contribution in [0.25, 0.3) is 16.7 Å². The normalized spacial score (nSPS) is 19.7. The third kappa shape index (κ3) is 5.22. The van der Waals surface area contributed by atoms with Crippen molar-refractivity contribution in [1.82, 2.24) is 0 Å². The largest absolute Gasteiger partial charge is 0.459 e. The standard InChI is InChI=1S/C46H34N2OS2/c1-30-46-45(38-14-6-10-18-43(38)51-46)48(40-15-7-8-16-41(40)49-30)35-25-23-34(24-26-35)47(33-21-19-32(20-22-33)31-11-3-2-4-12-31)36-27-28-44-39(29-36)37-13-5-9-17-42(37)50-44/h2-27,29,44-46H,1,28H2. The number of allylic oxidation sites excluding steroid dienone is 2. The number of fused-ring (bicyclic) bond motifs is 7. The van der Waals surface area contributed by atoms with Crippen molar-refractivity contribution in [2.45, 2.75) is 32.8 Å². The van der Waals surface area contributed by atoms with E-state index in [2.05, 4.69) is 174 Å². The van der Waals surface area contributed by atoms with Gasteiger partial charge in [-0.1, -0.05) is 104 Å². The maximum Gasteiger partial charge on any atom is 0.150 e. The number of nitrogens with zero attached hydrogens (tertiary/aromatic N) is 2. The Morgan fingerprint density at radius 1 is 0.647 bits per heavy atom. The Hall–Kier alpha value is -5.36. The van der Waals surface area contributed by atoms with Crippen LogP contribution in [0.4, 0.5) is 22.7 Å². The van der Waals surface area contributed by atoms with Crippen molar-refractivity contribution in [3.05, 3.63) is 193 Å². The fraction of sp³-hybridized carbons (Fsp3) is 0.0870. The van der Waals surface area contributed by atoms with E-state index in [-0.39, 0.29) is 11.3 Å². The first-order chi connectivity index (χ1) is 25.2. The molecule has 3 atom stereocenters. The Balaban J connectivity index is 1.08. The second-order valence-electron chi connectivity index (χ2n) is 13.3. The molecule has 51 heavy (non-hydrogen) atoms. The molecule has 0 amide bonds. The lowest BCUT2D eigenvalue weighted by molar-refractivity contribution is 0.414. The van der Waals surface area contributed by atoms with Crippen LogP contribution in [0.3, 0.4) is 0 Å². The molecule has 0 aromatic heterocycles. The lowest BCUT2D eigenvalue weighted by Gasteiger charge is -2.34. The summed E-state index contributed by atoms with van der Waals surface area (Å²) in [5.41, 5.74) is 12.1. The first-order valence-electron chi connectivity index (χ1n) is 17.4. The molecule has 0 fully saturated rings. The lowest BCUT2D eigenvalue weighted by atomic mass is 9.95. The number of anilines is 4. The van der Waals surface area contributed by atoms with Gasteiger partial charge in [0.05, 0.1) is 17.0 Å². The fourth-order valence-electron chi connectivity index (χ4n) is 7.89. The maximum absolute atomic E-state index is 6.47. The number of para-hydroxylation sites is 2. The average Bonchev–Trinajstić information content (AvgIpc) is 3.72. The minimum Gasteiger partial charge on any atom is -0.459 e. The van der Waals surface area contributed by atoms with Crippen molar-refractivity contribution in [2.24, 2.45) is 0 Å². The van der Waals surface area contributed by atoms with Crippen LogP contribution in [-0.2, 0) is 0 Å². The molecule has 0 saturated heterocycles. The van der Waals surface area contributed by atoms with Crippen LogP contribution in [-0.4, -0.2) is 10.5 Å². The Morgan fingerprint density at radius 3 is 2.14 bits per heavy atom. The molecule has 4 aliphatic rings. The summed E-state index contributed by atoms with van der Waals surface area (Å²) >= 11 is 3.83. The van der Waals surface area contributed by atoms with Gasteiger partial charge in [-0.15, -0.1) is 23.5 Å². The van der Waals surface area contributed by atoms with Gasteiger partial charge in [-0.25, -0.2) is 0 Å². The second-order valence-corrected chi connectivity index (χ2v) is 15.7. The minimum absolute atomic E-state index is 0.0532. The van der Waals surface area contributed by atoms with Crippen molar-refractivity contribution < 1.29 is 4.74 Å². The molecule has 0 N–H and O–H groups in total. The van der Waals surface area contributed by atoms with Crippen LogP contribution in [0.5, 0.6) is 5.75 Å². The van der Waals surface area contributed by atoms with Gasteiger partial charge in [0.2, 0.25) is 0 Å². The van der Waals surface area contributed by atoms with Crippen molar-refractivity contribution >= 4 is 51.8 Å². The van der Waals surface area contributed by atoms with E-state index < -0.39 is 0 Å². The highest BCUT2D eigenvalue weighted by molar-refractivity contribution is 8.01. The molecule has 3 unspecified atom stereocenters. The van der Waals surface area contributed by atoms with E-state index in [4.69, 9.17) is 4.74 Å². The van der Waals surface area contributed by atoms with Gasteiger partial charge in [0.15, 0.2) is 5.75 Å². The van der Waals surface area contributed by atoms with E-state index in [9.17, 15) is 0 Å². The van der Waals surface area contributed by atoms with Crippen molar-refractivity contribution in [3.8, 4) is 16.9 Å². The van der Waals surface area contributed by atoms with E-state index in [0.717, 1.165) is 40.7 Å². The van der Waals surface area contributed by atoms with Crippen LogP contribution in [0.2, 0.25) is 0 Å². The van der Waals surface area contributed by atoms with E-state index >= 15 is 0 Å². The molecule has 0 radical (unpaired) electrons. The maximum atomic E-state index is 6.47. The molecule has 0 saturated carbocycles. The molecule has 3 aliphatic heterocycles. The molecule has 0 spiro atoms. The Labute approximate surface area is 307 Å². The van der Waals surface area contributed by atoms with Gasteiger partial charge < -0.3 is 14.5 Å². The third-order valence-corrected chi connectivity index (χ3v) is 13.0. The van der Waals surface area contributed by atoms with E-state index in [1.807, 2.05) is 29.6 Å². The summed E-state index contributed by atoms with van der Waals surface area (Å²) in [4.78, 5) is 7.53. The average molecular weight is 695 g/mol. The second kappa shape index (κ2) is 12.4. The van der Waals surface area contributed by atoms with Crippen molar-refractivity contribution in [3.63, 3.8) is 0 Å². The highest BCUT2D eigenvalue weighted by Gasteiger charge is 2.43. The van der Waals surface area contributed by atoms with Crippen LogP contribution >= 0.6 is 23.5 Å². The highest BCUT2D eigenvalue weighted by Crippen LogP contribution is 2.56. The molecule has 3 nitrogen and oxygen atoms in total. The van der Waals surface area contributed by atoms with Gasteiger partial charge in [-0.2, -0.15) is 0 Å². The molecule has 0 bridgehead atoms. The summed E-state index contributed by atoms with van der Waals surface area (Å²) in [7, 11) is 0. The molecular weight excluding hydrogens is 661 g/mol. The van der Waals surface area contributed by atoms with Crippen molar-refractivity contribution in [2.75, 3.05) is 9.80 Å². The number of benzene rings is 6. The van der Waals surface area contributed by atoms with Gasteiger partial charge in [0.25, 0.3) is 0 Å². The summed E-state index contributed by atoms with van der Waals surface area (Å²) in [5, 5.41) is 0.518. The summed E-state index contributed by atoms with van der Waals surface area (Å²) in [6.45, 7) is 4.42. The topological polar surface area (TPSA) is 15.7 Å². The Bertz CT molecular complexity index is 2360. The number of rotatable bonds is 5.